The Morgan fingerprint density at radius 3 is 2.06 bits per heavy atom. The van der Waals surface area contributed by atoms with Gasteiger partial charge in [0.1, 0.15) is 0 Å². The highest BCUT2D eigenvalue weighted by molar-refractivity contribution is 7.80. The van der Waals surface area contributed by atoms with Crippen molar-refractivity contribution in [1.82, 2.24) is 4.90 Å². The summed E-state index contributed by atoms with van der Waals surface area (Å²) in [5.74, 6) is -0.791. The highest BCUT2D eigenvalue weighted by atomic mass is 32.1. The van der Waals surface area contributed by atoms with Gasteiger partial charge in [-0.2, -0.15) is 0 Å². The Morgan fingerprint density at radius 1 is 1.31 bits per heavy atom. The summed E-state index contributed by atoms with van der Waals surface area (Å²) in [6.45, 7) is 5.58. The summed E-state index contributed by atoms with van der Waals surface area (Å²) in [7, 11) is 0. The van der Waals surface area contributed by atoms with E-state index in [4.69, 9.17) is 23.7 Å². The number of carbonyl (C=O) groups is 2. The Bertz CT molecular complexity index is 306. The van der Waals surface area contributed by atoms with E-state index in [1.54, 1.807) is 13.8 Å². The number of hydrogen-bond acceptors (Lipinski definition) is 3. The van der Waals surface area contributed by atoms with Crippen LogP contribution in [0.5, 0.6) is 0 Å². The van der Waals surface area contributed by atoms with Crippen LogP contribution in [0.3, 0.4) is 0 Å². The Balaban J connectivity index is 4.98. The molecule has 16 heavy (non-hydrogen) atoms. The lowest BCUT2D eigenvalue weighted by Crippen LogP contribution is -2.50. The van der Waals surface area contributed by atoms with Crippen LogP contribution in [0.4, 0.5) is 0 Å². The van der Waals surface area contributed by atoms with Gasteiger partial charge in [-0.3, -0.25) is 9.59 Å². The minimum absolute atomic E-state index is 0.104. The van der Waals surface area contributed by atoms with Gasteiger partial charge in [0.15, 0.2) is 0 Å². The number of likely N-dealkylation sites (N-methyl/N-ethyl adjacent to an activating group) is 1. The summed E-state index contributed by atoms with van der Waals surface area (Å²) in [5.41, 5.74) is 9.74. The Morgan fingerprint density at radius 2 is 1.81 bits per heavy atom. The molecule has 0 aromatic heterocycles. The van der Waals surface area contributed by atoms with Gasteiger partial charge < -0.3 is 16.4 Å². The Hall–Kier alpha value is -1.17. The summed E-state index contributed by atoms with van der Waals surface area (Å²) in [6.07, 6.45) is 0.496. The van der Waals surface area contributed by atoms with Crippen LogP contribution in [0, 0.1) is 5.41 Å². The zero-order valence-corrected chi connectivity index (χ0v) is 10.8. The number of amides is 2. The number of nitrogens with two attached hydrogens (primary N) is 2. The molecule has 92 valence electrons. The van der Waals surface area contributed by atoms with Gasteiger partial charge in [-0.05, 0) is 20.3 Å². The topological polar surface area (TPSA) is 89.4 Å². The van der Waals surface area contributed by atoms with E-state index in [2.05, 4.69) is 0 Å². The Kier molecular flexibility index (Phi) is 5.37. The van der Waals surface area contributed by atoms with E-state index in [0.29, 0.717) is 13.0 Å². The fourth-order valence-corrected chi connectivity index (χ4v) is 1.53. The van der Waals surface area contributed by atoms with Gasteiger partial charge in [-0.15, -0.1) is 0 Å². The molecular weight excluding hydrogens is 226 g/mol. The van der Waals surface area contributed by atoms with Crippen LogP contribution in [0.25, 0.3) is 0 Å². The summed E-state index contributed by atoms with van der Waals surface area (Å²) in [5, 5.41) is 0. The predicted molar refractivity (Wildman–Crippen MR) is 66.6 cm³/mol. The highest BCUT2D eigenvalue weighted by Gasteiger charge is 2.37. The van der Waals surface area contributed by atoms with Crippen molar-refractivity contribution in [2.75, 3.05) is 13.1 Å². The normalized spacial score (nSPS) is 13.9. The second-order valence-corrected chi connectivity index (χ2v) is 4.28. The number of thiocarbonyl (C=S) groups is 1. The smallest absolute Gasteiger partial charge is 0.237 e. The van der Waals surface area contributed by atoms with Crippen molar-refractivity contribution in [3.8, 4) is 0 Å². The monoisotopic (exact) mass is 245 g/mol. The quantitative estimate of drug-likeness (QED) is 0.646. The van der Waals surface area contributed by atoms with E-state index < -0.39 is 11.3 Å². The maximum absolute atomic E-state index is 12.2. The minimum atomic E-state index is -0.902. The number of primary amides is 1. The molecule has 0 bridgehead atoms. The lowest BCUT2D eigenvalue weighted by molar-refractivity contribution is -0.140. The van der Waals surface area contributed by atoms with Crippen LogP contribution in [0.15, 0.2) is 0 Å². The first kappa shape index (κ1) is 14.8. The molecule has 0 radical (unpaired) electrons. The highest BCUT2D eigenvalue weighted by Crippen LogP contribution is 2.24. The first-order valence-corrected chi connectivity index (χ1v) is 5.58. The molecule has 0 aromatic rings. The largest absolute Gasteiger partial charge is 0.392 e. The zero-order chi connectivity index (χ0) is 12.9. The molecule has 0 heterocycles. The van der Waals surface area contributed by atoms with Gasteiger partial charge in [0.05, 0.1) is 16.9 Å². The van der Waals surface area contributed by atoms with Gasteiger partial charge in [0, 0.05) is 6.54 Å². The van der Waals surface area contributed by atoms with E-state index in [1.807, 2.05) is 6.92 Å². The third-order valence-corrected chi connectivity index (χ3v) is 3.19. The molecule has 0 rings (SSSR count). The molecule has 0 saturated carbocycles. The van der Waals surface area contributed by atoms with Gasteiger partial charge in [0.2, 0.25) is 11.8 Å². The second kappa shape index (κ2) is 5.79. The molecule has 0 saturated heterocycles. The van der Waals surface area contributed by atoms with E-state index in [0.717, 1.165) is 0 Å². The summed E-state index contributed by atoms with van der Waals surface area (Å²) in [4.78, 5) is 24.5. The number of nitrogens with zero attached hydrogens (tertiary/aromatic N) is 1. The first-order valence-electron chi connectivity index (χ1n) is 5.17. The molecule has 4 N–H and O–H groups in total. The number of carbonyl (C=O) groups excluding carboxylic acids is 2. The minimum Gasteiger partial charge on any atom is -0.392 e. The molecule has 5 nitrogen and oxygen atoms in total. The molecule has 0 spiro atoms. The van der Waals surface area contributed by atoms with E-state index in [-0.39, 0.29) is 17.4 Å². The molecule has 1 unspecified atom stereocenters. The van der Waals surface area contributed by atoms with E-state index >= 15 is 0 Å². The van der Waals surface area contributed by atoms with Gasteiger partial charge >= 0.3 is 0 Å². The standard InChI is InChI=1S/C10H19N3O2S/c1-4-10(3,8(12)16)9(15)13(5-2)6-7(11)14/h4-6H2,1-3H3,(H2,11,14)(H2,12,16). The van der Waals surface area contributed by atoms with Gasteiger partial charge in [-0.25, -0.2) is 0 Å². The molecule has 0 aliphatic rings. The number of hydrogen-bond donors (Lipinski definition) is 2. The van der Waals surface area contributed by atoms with Crippen molar-refractivity contribution in [3.63, 3.8) is 0 Å². The van der Waals surface area contributed by atoms with Crippen LogP contribution in [-0.2, 0) is 9.59 Å². The van der Waals surface area contributed by atoms with Crippen LogP contribution >= 0.6 is 12.2 Å². The molecule has 6 heteroatoms. The van der Waals surface area contributed by atoms with Crippen LogP contribution in [0.2, 0.25) is 0 Å². The van der Waals surface area contributed by atoms with Crippen LogP contribution in [0.1, 0.15) is 27.2 Å². The van der Waals surface area contributed by atoms with Crippen molar-refractivity contribution in [2.24, 2.45) is 16.9 Å². The Labute approximate surface area is 101 Å². The van der Waals surface area contributed by atoms with Crippen LogP contribution < -0.4 is 11.5 Å². The van der Waals surface area contributed by atoms with E-state index in [9.17, 15) is 9.59 Å². The molecule has 0 aromatic carbocycles. The third-order valence-electron chi connectivity index (χ3n) is 2.74. The lowest BCUT2D eigenvalue weighted by Gasteiger charge is -2.31. The summed E-state index contributed by atoms with van der Waals surface area (Å²) < 4.78 is 0. The average Bonchev–Trinajstić information content (AvgIpc) is 2.23. The first-order chi connectivity index (χ1) is 7.29. The fraction of sp³-hybridized carbons (Fsp3) is 0.700. The summed E-state index contributed by atoms with van der Waals surface area (Å²) in [6, 6.07) is 0. The third kappa shape index (κ3) is 3.16. The van der Waals surface area contributed by atoms with Gasteiger partial charge in [0.25, 0.3) is 0 Å². The second-order valence-electron chi connectivity index (χ2n) is 3.84. The molecular formula is C10H19N3O2S. The van der Waals surface area contributed by atoms with Crippen molar-refractivity contribution in [3.05, 3.63) is 0 Å². The molecule has 0 fully saturated rings. The van der Waals surface area contributed by atoms with Gasteiger partial charge in [-0.1, -0.05) is 19.1 Å². The van der Waals surface area contributed by atoms with Crippen molar-refractivity contribution in [2.45, 2.75) is 27.2 Å². The van der Waals surface area contributed by atoms with E-state index in [1.165, 1.54) is 4.90 Å². The lowest BCUT2D eigenvalue weighted by atomic mass is 9.85. The zero-order valence-electron chi connectivity index (χ0n) is 9.95. The molecule has 1 atom stereocenters. The predicted octanol–water partition coefficient (Wildman–Crippen LogP) is 0.0226. The average molecular weight is 245 g/mol. The van der Waals surface area contributed by atoms with Crippen molar-refractivity contribution < 1.29 is 9.59 Å². The molecule has 0 aliphatic carbocycles. The SMILES string of the molecule is CCN(CC(N)=O)C(=O)C(C)(CC)C(N)=S. The maximum Gasteiger partial charge on any atom is 0.237 e. The maximum atomic E-state index is 12.2. The van der Waals surface area contributed by atoms with Crippen molar-refractivity contribution >= 4 is 29.0 Å². The molecule has 0 aliphatic heterocycles. The molecule has 2 amide bonds. The van der Waals surface area contributed by atoms with Crippen molar-refractivity contribution in [1.29, 1.82) is 0 Å². The fourth-order valence-electron chi connectivity index (χ4n) is 1.30. The summed E-state index contributed by atoms with van der Waals surface area (Å²) >= 11 is 4.90. The number of rotatable bonds is 6. The van der Waals surface area contributed by atoms with Crippen LogP contribution in [-0.4, -0.2) is 34.8 Å².